The van der Waals surface area contributed by atoms with Crippen molar-refractivity contribution in [3.05, 3.63) is 29.8 Å². The molecule has 1 aromatic rings. The fourth-order valence-electron chi connectivity index (χ4n) is 3.44. The SMILES string of the molecule is CCCC(=O)Nc1cccc(CN=C(NCC)NC2CCN(C(C)C)CC2)c1.I. The number of anilines is 1. The normalized spacial score (nSPS) is 15.7. The lowest BCUT2D eigenvalue weighted by Crippen LogP contribution is -2.49. The van der Waals surface area contributed by atoms with Gasteiger partial charge in [-0.2, -0.15) is 0 Å². The number of carbonyl (C=O) groups is 1. The first-order valence-corrected chi connectivity index (χ1v) is 10.7. The molecule has 0 atom stereocenters. The van der Waals surface area contributed by atoms with Crippen molar-refractivity contribution in [2.75, 3.05) is 25.0 Å². The Morgan fingerprint density at radius 1 is 1.24 bits per heavy atom. The minimum absolute atomic E-state index is 0. The third-order valence-electron chi connectivity index (χ3n) is 5.05. The number of amides is 1. The van der Waals surface area contributed by atoms with Crippen molar-refractivity contribution >= 4 is 41.5 Å². The van der Waals surface area contributed by atoms with Crippen molar-refractivity contribution < 1.29 is 4.79 Å². The number of halogens is 1. The van der Waals surface area contributed by atoms with E-state index in [0.717, 1.165) is 56.1 Å². The zero-order chi connectivity index (χ0) is 20.4. The molecule has 7 heteroatoms. The third-order valence-corrected chi connectivity index (χ3v) is 5.05. The van der Waals surface area contributed by atoms with Gasteiger partial charge in [0.25, 0.3) is 0 Å². The molecule has 0 bridgehead atoms. The van der Waals surface area contributed by atoms with Crippen molar-refractivity contribution in [2.24, 2.45) is 4.99 Å². The number of guanidine groups is 1. The third kappa shape index (κ3) is 9.33. The Kier molecular flexibility index (Phi) is 12.2. The lowest BCUT2D eigenvalue weighted by Gasteiger charge is -2.35. The van der Waals surface area contributed by atoms with Gasteiger partial charge in [-0.3, -0.25) is 4.79 Å². The largest absolute Gasteiger partial charge is 0.357 e. The van der Waals surface area contributed by atoms with Crippen molar-refractivity contribution in [3.8, 4) is 0 Å². The first kappa shape index (κ1) is 25.7. The van der Waals surface area contributed by atoms with Crippen molar-refractivity contribution in [1.29, 1.82) is 0 Å². The van der Waals surface area contributed by atoms with Gasteiger partial charge in [0.05, 0.1) is 6.54 Å². The number of nitrogens with one attached hydrogen (secondary N) is 3. The van der Waals surface area contributed by atoms with E-state index in [9.17, 15) is 4.79 Å². The molecule has 6 nitrogen and oxygen atoms in total. The second-order valence-electron chi connectivity index (χ2n) is 7.74. The number of aliphatic imine (C=N–C) groups is 1. The van der Waals surface area contributed by atoms with Crippen LogP contribution in [0.1, 0.15) is 58.9 Å². The summed E-state index contributed by atoms with van der Waals surface area (Å²) in [6.07, 6.45) is 3.68. The van der Waals surface area contributed by atoms with Gasteiger partial charge in [0.2, 0.25) is 5.91 Å². The molecule has 29 heavy (non-hydrogen) atoms. The molecule has 3 N–H and O–H groups in total. The van der Waals surface area contributed by atoms with Crippen LogP contribution in [0.15, 0.2) is 29.3 Å². The van der Waals surface area contributed by atoms with Crippen LogP contribution in [0.25, 0.3) is 0 Å². The van der Waals surface area contributed by atoms with Crippen molar-refractivity contribution in [3.63, 3.8) is 0 Å². The van der Waals surface area contributed by atoms with Crippen LogP contribution in [-0.4, -0.2) is 48.5 Å². The molecule has 164 valence electrons. The summed E-state index contributed by atoms with van der Waals surface area (Å²) < 4.78 is 0. The van der Waals surface area contributed by atoms with Gasteiger partial charge in [0.1, 0.15) is 0 Å². The Bertz CT molecular complexity index is 642. The molecule has 0 aromatic heterocycles. The van der Waals surface area contributed by atoms with E-state index in [1.165, 1.54) is 0 Å². The van der Waals surface area contributed by atoms with Crippen molar-refractivity contribution in [1.82, 2.24) is 15.5 Å². The highest BCUT2D eigenvalue weighted by Crippen LogP contribution is 2.14. The number of hydrogen-bond acceptors (Lipinski definition) is 3. The van der Waals surface area contributed by atoms with Crippen LogP contribution in [-0.2, 0) is 11.3 Å². The van der Waals surface area contributed by atoms with Crippen LogP contribution in [0.2, 0.25) is 0 Å². The molecular weight excluding hydrogens is 477 g/mol. The standard InChI is InChI=1S/C22H37N5O.HI/c1-5-8-21(28)25-20-10-7-9-18(15-20)16-24-22(23-6-2)26-19-11-13-27(14-12-19)17(3)4;/h7,9-10,15,17,19H,5-6,8,11-14,16H2,1-4H3,(H,25,28)(H2,23,24,26);1H. The van der Waals surface area contributed by atoms with Gasteiger partial charge in [-0.25, -0.2) is 4.99 Å². The van der Waals surface area contributed by atoms with Gasteiger partial charge in [-0.05, 0) is 57.7 Å². The van der Waals surface area contributed by atoms with Crippen LogP contribution in [0, 0.1) is 0 Å². The Balaban J connectivity index is 0.00000420. The first-order chi connectivity index (χ1) is 13.5. The molecule has 0 aliphatic carbocycles. The monoisotopic (exact) mass is 515 g/mol. The lowest BCUT2D eigenvalue weighted by molar-refractivity contribution is -0.116. The summed E-state index contributed by atoms with van der Waals surface area (Å²) in [5.74, 6) is 0.928. The summed E-state index contributed by atoms with van der Waals surface area (Å²) in [6, 6.07) is 9.02. The molecule has 0 radical (unpaired) electrons. The summed E-state index contributed by atoms with van der Waals surface area (Å²) in [6.45, 7) is 12.3. The molecule has 1 aliphatic rings. The van der Waals surface area contributed by atoms with E-state index >= 15 is 0 Å². The lowest BCUT2D eigenvalue weighted by atomic mass is 10.0. The van der Waals surface area contributed by atoms with Gasteiger partial charge < -0.3 is 20.9 Å². The number of hydrogen-bond donors (Lipinski definition) is 3. The maximum Gasteiger partial charge on any atom is 0.224 e. The minimum atomic E-state index is 0. The Labute approximate surface area is 193 Å². The predicted molar refractivity (Wildman–Crippen MR) is 133 cm³/mol. The molecule has 1 saturated heterocycles. The summed E-state index contributed by atoms with van der Waals surface area (Å²) >= 11 is 0. The molecule has 1 aromatic carbocycles. The number of piperidine rings is 1. The highest BCUT2D eigenvalue weighted by atomic mass is 127. The minimum Gasteiger partial charge on any atom is -0.357 e. The van der Waals surface area contributed by atoms with Gasteiger partial charge >= 0.3 is 0 Å². The summed E-state index contributed by atoms with van der Waals surface area (Å²) in [7, 11) is 0. The smallest absolute Gasteiger partial charge is 0.224 e. The second-order valence-corrected chi connectivity index (χ2v) is 7.74. The maximum atomic E-state index is 11.8. The zero-order valence-corrected chi connectivity index (χ0v) is 20.7. The van der Waals surface area contributed by atoms with E-state index in [4.69, 9.17) is 4.99 Å². The Hall–Kier alpha value is -1.35. The van der Waals surface area contributed by atoms with Gasteiger partial charge in [-0.1, -0.05) is 19.1 Å². The number of likely N-dealkylation sites (tertiary alicyclic amines) is 1. The maximum absolute atomic E-state index is 11.8. The average molecular weight is 515 g/mol. The molecule has 2 rings (SSSR count). The number of nitrogens with zero attached hydrogens (tertiary/aromatic N) is 2. The Morgan fingerprint density at radius 3 is 2.59 bits per heavy atom. The van der Waals surface area contributed by atoms with E-state index in [2.05, 4.69) is 41.6 Å². The Morgan fingerprint density at radius 2 is 1.97 bits per heavy atom. The molecule has 1 aliphatic heterocycles. The van der Waals surface area contributed by atoms with Gasteiger partial charge in [-0.15, -0.1) is 24.0 Å². The van der Waals surface area contributed by atoms with Crippen LogP contribution in [0.3, 0.4) is 0 Å². The molecule has 0 saturated carbocycles. The molecule has 0 spiro atoms. The fourth-order valence-corrected chi connectivity index (χ4v) is 3.44. The van der Waals surface area contributed by atoms with Crippen LogP contribution in [0.4, 0.5) is 5.69 Å². The zero-order valence-electron chi connectivity index (χ0n) is 18.3. The molecule has 1 heterocycles. The van der Waals surface area contributed by atoms with E-state index in [-0.39, 0.29) is 29.9 Å². The summed E-state index contributed by atoms with van der Waals surface area (Å²) in [5.41, 5.74) is 1.92. The highest BCUT2D eigenvalue weighted by Gasteiger charge is 2.21. The second kappa shape index (κ2) is 13.8. The first-order valence-electron chi connectivity index (χ1n) is 10.7. The van der Waals surface area contributed by atoms with E-state index < -0.39 is 0 Å². The molecule has 1 amide bonds. The number of benzene rings is 1. The van der Waals surface area contributed by atoms with Crippen LogP contribution in [0.5, 0.6) is 0 Å². The topological polar surface area (TPSA) is 68.8 Å². The van der Waals surface area contributed by atoms with E-state index in [0.29, 0.717) is 25.0 Å². The van der Waals surface area contributed by atoms with Gasteiger partial charge in [0.15, 0.2) is 5.96 Å². The predicted octanol–water partition coefficient (Wildman–Crippen LogP) is 3.97. The molecule has 0 unspecified atom stereocenters. The summed E-state index contributed by atoms with van der Waals surface area (Å²) in [4.78, 5) is 19.1. The van der Waals surface area contributed by atoms with E-state index in [1.54, 1.807) is 0 Å². The quantitative estimate of drug-likeness (QED) is 0.279. The summed E-state index contributed by atoms with van der Waals surface area (Å²) in [5, 5.41) is 9.90. The van der Waals surface area contributed by atoms with Crippen LogP contribution < -0.4 is 16.0 Å². The number of rotatable bonds is 8. The highest BCUT2D eigenvalue weighted by molar-refractivity contribution is 14.0. The van der Waals surface area contributed by atoms with Crippen LogP contribution >= 0.6 is 24.0 Å². The molecular formula is C22H38IN5O. The van der Waals surface area contributed by atoms with Crippen molar-refractivity contribution in [2.45, 2.75) is 72.0 Å². The van der Waals surface area contributed by atoms with Gasteiger partial charge in [0, 0.05) is 43.8 Å². The molecule has 1 fully saturated rings. The average Bonchev–Trinajstić information content (AvgIpc) is 2.67. The fraction of sp³-hybridized carbons (Fsp3) is 0.636. The van der Waals surface area contributed by atoms with E-state index in [1.807, 2.05) is 31.2 Å². The number of carbonyl (C=O) groups excluding carboxylic acids is 1.